The molecule has 0 spiro atoms. The maximum Gasteiger partial charge on any atom is 0.246 e. The molecule has 1 aliphatic heterocycles. The highest BCUT2D eigenvalue weighted by Gasteiger charge is 2.41. The molecule has 6 heteroatoms. The van der Waals surface area contributed by atoms with Crippen molar-refractivity contribution in [2.45, 2.75) is 43.7 Å². The minimum absolute atomic E-state index is 0.229. The molecule has 0 atom stereocenters. The van der Waals surface area contributed by atoms with E-state index in [0.717, 1.165) is 18.4 Å². The summed E-state index contributed by atoms with van der Waals surface area (Å²) in [6, 6.07) is 4.30. The third-order valence-electron chi connectivity index (χ3n) is 3.77. The Kier molecular flexibility index (Phi) is 4.18. The van der Waals surface area contributed by atoms with Crippen LogP contribution < -0.4 is 5.32 Å². The van der Waals surface area contributed by atoms with E-state index >= 15 is 0 Å². The van der Waals surface area contributed by atoms with Crippen molar-refractivity contribution in [3.63, 3.8) is 0 Å². The van der Waals surface area contributed by atoms with Gasteiger partial charge in [-0.2, -0.15) is 4.31 Å². The van der Waals surface area contributed by atoms with Gasteiger partial charge in [0.25, 0.3) is 0 Å². The second-order valence-electron chi connectivity index (χ2n) is 5.79. The molecule has 0 bridgehead atoms. The number of sulfonamides is 1. The topological polar surface area (TPSA) is 49.4 Å². The van der Waals surface area contributed by atoms with E-state index < -0.39 is 21.4 Å². The van der Waals surface area contributed by atoms with Gasteiger partial charge in [-0.05, 0) is 51.4 Å². The molecule has 0 aromatic heterocycles. The summed E-state index contributed by atoms with van der Waals surface area (Å²) in [5, 5.41) is 2.91. The molecule has 112 valence electrons. The van der Waals surface area contributed by atoms with Gasteiger partial charge in [-0.15, -0.1) is 0 Å². The number of halogens is 1. The summed E-state index contributed by atoms with van der Waals surface area (Å²) in [7, 11) is -2.01. The average Bonchev–Trinajstić information content (AvgIpc) is 2.70. The first kappa shape index (κ1) is 15.4. The number of nitrogens with one attached hydrogen (secondary N) is 1. The molecule has 0 unspecified atom stereocenters. The molecular weight excluding hydrogens is 279 g/mol. The lowest BCUT2D eigenvalue weighted by Gasteiger charge is -2.30. The summed E-state index contributed by atoms with van der Waals surface area (Å²) < 4.78 is 40.8. The fourth-order valence-electron chi connectivity index (χ4n) is 2.71. The van der Waals surface area contributed by atoms with E-state index in [2.05, 4.69) is 5.32 Å². The van der Waals surface area contributed by atoms with Crippen molar-refractivity contribution in [2.75, 3.05) is 13.6 Å². The number of benzene rings is 1. The summed E-state index contributed by atoms with van der Waals surface area (Å²) in [4.78, 5) is -0.229. The molecule has 2 rings (SSSR count). The van der Waals surface area contributed by atoms with Crippen molar-refractivity contribution in [3.05, 3.63) is 29.6 Å². The third-order valence-corrected chi connectivity index (χ3v) is 5.91. The first-order valence-corrected chi connectivity index (χ1v) is 8.19. The monoisotopic (exact) mass is 300 g/mol. The Bertz CT molecular complexity index is 599. The standard InChI is InChI=1S/C14H21FN2O2S/c1-14(2)7-4-8-17(14)20(18,19)13-6-5-11(10-16-3)9-12(13)15/h5-6,9,16H,4,7-8,10H2,1-3H3. The number of rotatable bonds is 4. The summed E-state index contributed by atoms with van der Waals surface area (Å²) in [6.07, 6.45) is 1.61. The van der Waals surface area contributed by atoms with Crippen LogP contribution >= 0.6 is 0 Å². The zero-order valence-corrected chi connectivity index (χ0v) is 12.9. The van der Waals surface area contributed by atoms with Crippen molar-refractivity contribution in [3.8, 4) is 0 Å². The molecule has 1 aromatic carbocycles. The predicted octanol–water partition coefficient (Wildman–Crippen LogP) is 2.11. The van der Waals surface area contributed by atoms with Gasteiger partial charge < -0.3 is 5.32 Å². The van der Waals surface area contributed by atoms with Crippen LogP contribution in [0.15, 0.2) is 23.1 Å². The molecule has 1 fully saturated rings. The molecule has 1 heterocycles. The normalized spacial score (nSPS) is 19.4. The Morgan fingerprint density at radius 1 is 1.40 bits per heavy atom. The summed E-state index contributed by atoms with van der Waals surface area (Å²) in [5.41, 5.74) is 0.277. The summed E-state index contributed by atoms with van der Waals surface area (Å²) in [6.45, 7) is 4.72. The van der Waals surface area contributed by atoms with Gasteiger partial charge in [0.2, 0.25) is 10.0 Å². The summed E-state index contributed by atoms with van der Waals surface area (Å²) >= 11 is 0. The Balaban J connectivity index is 2.40. The molecule has 1 aliphatic rings. The maximum absolute atomic E-state index is 14.1. The van der Waals surface area contributed by atoms with Gasteiger partial charge in [-0.3, -0.25) is 0 Å². The van der Waals surface area contributed by atoms with Gasteiger partial charge in [-0.25, -0.2) is 12.8 Å². The van der Waals surface area contributed by atoms with Gasteiger partial charge in [0.1, 0.15) is 10.7 Å². The zero-order chi connectivity index (χ0) is 15.0. The molecule has 0 saturated carbocycles. The largest absolute Gasteiger partial charge is 0.316 e. The molecule has 0 amide bonds. The second-order valence-corrected chi connectivity index (χ2v) is 7.62. The van der Waals surface area contributed by atoms with E-state index in [1.807, 2.05) is 13.8 Å². The van der Waals surface area contributed by atoms with Crippen LogP contribution in [0.3, 0.4) is 0 Å². The van der Waals surface area contributed by atoms with E-state index in [1.165, 1.54) is 16.4 Å². The van der Waals surface area contributed by atoms with E-state index in [-0.39, 0.29) is 4.90 Å². The zero-order valence-electron chi connectivity index (χ0n) is 12.1. The van der Waals surface area contributed by atoms with Crippen LogP contribution in [0.2, 0.25) is 0 Å². The number of nitrogens with zero attached hydrogens (tertiary/aromatic N) is 1. The fraction of sp³-hybridized carbons (Fsp3) is 0.571. The van der Waals surface area contributed by atoms with Crippen molar-refractivity contribution in [1.82, 2.24) is 9.62 Å². The lowest BCUT2D eigenvalue weighted by atomic mass is 10.0. The number of hydrogen-bond acceptors (Lipinski definition) is 3. The van der Waals surface area contributed by atoms with Gasteiger partial charge in [-0.1, -0.05) is 6.07 Å². The molecule has 0 aliphatic carbocycles. The Labute approximate surface area is 120 Å². The lowest BCUT2D eigenvalue weighted by Crippen LogP contribution is -2.42. The highest BCUT2D eigenvalue weighted by atomic mass is 32.2. The quantitative estimate of drug-likeness (QED) is 0.926. The second kappa shape index (κ2) is 5.42. The maximum atomic E-state index is 14.1. The van der Waals surface area contributed by atoms with E-state index in [1.54, 1.807) is 13.1 Å². The van der Waals surface area contributed by atoms with Gasteiger partial charge >= 0.3 is 0 Å². The van der Waals surface area contributed by atoms with Crippen LogP contribution in [0.4, 0.5) is 4.39 Å². The van der Waals surface area contributed by atoms with Crippen LogP contribution in [0.5, 0.6) is 0 Å². The first-order valence-electron chi connectivity index (χ1n) is 6.75. The molecule has 4 nitrogen and oxygen atoms in total. The minimum atomic E-state index is -3.77. The molecule has 1 aromatic rings. The summed E-state index contributed by atoms with van der Waals surface area (Å²) in [5.74, 6) is -0.680. The molecular formula is C14H21FN2O2S. The SMILES string of the molecule is CNCc1ccc(S(=O)(=O)N2CCCC2(C)C)c(F)c1. The third kappa shape index (κ3) is 2.73. The van der Waals surface area contributed by atoms with Gasteiger partial charge in [0, 0.05) is 18.6 Å². The van der Waals surface area contributed by atoms with E-state index in [9.17, 15) is 12.8 Å². The predicted molar refractivity (Wildman–Crippen MR) is 76.4 cm³/mol. The van der Waals surface area contributed by atoms with Crippen LogP contribution in [0.25, 0.3) is 0 Å². The van der Waals surface area contributed by atoms with E-state index in [0.29, 0.717) is 13.1 Å². The van der Waals surface area contributed by atoms with Crippen molar-refractivity contribution < 1.29 is 12.8 Å². The van der Waals surface area contributed by atoms with Crippen molar-refractivity contribution >= 4 is 10.0 Å². The minimum Gasteiger partial charge on any atom is -0.316 e. The first-order chi connectivity index (χ1) is 9.29. The number of hydrogen-bond donors (Lipinski definition) is 1. The Morgan fingerprint density at radius 2 is 2.10 bits per heavy atom. The van der Waals surface area contributed by atoms with Crippen LogP contribution in [-0.2, 0) is 16.6 Å². The molecule has 0 radical (unpaired) electrons. The average molecular weight is 300 g/mol. The lowest BCUT2D eigenvalue weighted by molar-refractivity contribution is 0.290. The van der Waals surface area contributed by atoms with Crippen LogP contribution in [0, 0.1) is 5.82 Å². The fourth-order valence-corrected chi connectivity index (χ4v) is 4.61. The Hall–Kier alpha value is -0.980. The highest BCUT2D eigenvalue weighted by Crippen LogP contribution is 2.34. The molecule has 20 heavy (non-hydrogen) atoms. The Morgan fingerprint density at radius 3 is 2.60 bits per heavy atom. The van der Waals surface area contributed by atoms with Gasteiger partial charge in [0.15, 0.2) is 0 Å². The van der Waals surface area contributed by atoms with Crippen molar-refractivity contribution in [1.29, 1.82) is 0 Å². The van der Waals surface area contributed by atoms with Crippen LogP contribution in [-0.4, -0.2) is 31.9 Å². The highest BCUT2D eigenvalue weighted by molar-refractivity contribution is 7.89. The van der Waals surface area contributed by atoms with Crippen LogP contribution in [0.1, 0.15) is 32.3 Å². The molecule has 1 saturated heterocycles. The smallest absolute Gasteiger partial charge is 0.246 e. The van der Waals surface area contributed by atoms with Gasteiger partial charge in [0.05, 0.1) is 0 Å². The van der Waals surface area contributed by atoms with Crippen molar-refractivity contribution in [2.24, 2.45) is 0 Å². The molecule has 1 N–H and O–H groups in total. The van der Waals surface area contributed by atoms with E-state index in [4.69, 9.17) is 0 Å².